The van der Waals surface area contributed by atoms with Crippen LogP contribution in [0.15, 0.2) is 194 Å². The highest BCUT2D eigenvalue weighted by atomic mass is 16.7. The van der Waals surface area contributed by atoms with Gasteiger partial charge in [-0.15, -0.1) is 0 Å². The number of benzene rings is 8. The van der Waals surface area contributed by atoms with Crippen molar-refractivity contribution in [2.75, 3.05) is 85.9 Å². The summed E-state index contributed by atoms with van der Waals surface area (Å²) >= 11 is 0. The Hall–Kier alpha value is -8.12. The van der Waals surface area contributed by atoms with Crippen molar-refractivity contribution in [2.45, 2.75) is 73.0 Å². The molecule has 6 heterocycles. The Bertz CT molecular complexity index is 3410. The van der Waals surface area contributed by atoms with E-state index >= 15 is 0 Å². The van der Waals surface area contributed by atoms with Crippen molar-refractivity contribution in [3.05, 3.63) is 239 Å². The number of aliphatic hydroxyl groups is 1. The summed E-state index contributed by atoms with van der Waals surface area (Å²) < 4.78 is 81.7. The normalized spacial score (nSPS) is 21.9. The molecular weight excluding hydrogens is 1120 g/mol. The first-order valence-corrected chi connectivity index (χ1v) is 30.6. The lowest BCUT2D eigenvalue weighted by molar-refractivity contribution is -0.165. The first kappa shape index (κ1) is 57.6. The van der Waals surface area contributed by atoms with E-state index in [2.05, 4.69) is 97.1 Å². The molecule has 0 saturated carbocycles. The topological polar surface area (TPSA) is 166 Å². The molecule has 6 aliphatic heterocycles. The second-order valence-corrected chi connectivity index (χ2v) is 23.3. The fourth-order valence-corrected chi connectivity index (χ4v) is 11.1. The number of hydrogen-bond donors (Lipinski definition) is 1. The molecule has 15 heteroatoms. The van der Waals surface area contributed by atoms with Gasteiger partial charge >= 0.3 is 0 Å². The smallest absolute Gasteiger partial charge is 0.202 e. The van der Waals surface area contributed by atoms with Gasteiger partial charge in [0.15, 0.2) is 0 Å². The van der Waals surface area contributed by atoms with Crippen molar-refractivity contribution in [1.82, 2.24) is 0 Å². The Morgan fingerprint density at radius 3 is 0.659 bits per heavy atom. The average molecular weight is 1190 g/mol. The third-order valence-corrected chi connectivity index (χ3v) is 16.6. The SMILES string of the molecule is OC(COc1ccc(C(c2ccc(OCC3CO3)cc2)C(c2ccc(OCC3CO3)cc2)c2ccc(OCC3CO3)cc2)cc1)COc1ccc(C(c2ccc(OCC3CO3)cc2)C(c2ccc(OCC3CO3)cc2)c2ccc(OC3CCO3)cc2)cc1. The molecule has 15 nitrogen and oxygen atoms in total. The standard InChI is InChI=1S/C73H72O15/c74-55(35-76-56-17-1-47(2-18-56)70(49-5-21-58(22-6-49)78-37-64-42-83-64)71(50-7-23-59(24-8-50)79-38-65-43-84-65)51-9-25-60(26-10-51)80-39-66-44-85-66)36-77-57-19-3-48(4-20-57)72(52-11-27-61(28-12-52)81-40-67-45-86-67)73(53-13-29-62(30-14-53)82-41-68-46-87-68)54-15-31-63(32-16-54)88-69-33-34-75-69/h1-32,55,64-74H,33-46H2. The van der Waals surface area contributed by atoms with Crippen LogP contribution in [0.4, 0.5) is 0 Å². The van der Waals surface area contributed by atoms with Crippen LogP contribution in [0, 0.1) is 0 Å². The molecule has 0 radical (unpaired) electrons. The predicted molar refractivity (Wildman–Crippen MR) is 327 cm³/mol. The lowest BCUT2D eigenvalue weighted by atomic mass is 9.73. The Labute approximate surface area is 512 Å². The van der Waals surface area contributed by atoms with Crippen LogP contribution in [-0.4, -0.2) is 134 Å². The molecule has 8 aromatic rings. The minimum Gasteiger partial charge on any atom is -0.491 e. The van der Waals surface area contributed by atoms with Gasteiger partial charge in [-0.2, -0.15) is 0 Å². The van der Waals surface area contributed by atoms with E-state index in [1.54, 1.807) is 0 Å². The van der Waals surface area contributed by atoms with Crippen LogP contribution in [0.1, 0.15) is 74.6 Å². The molecule has 6 aliphatic rings. The maximum absolute atomic E-state index is 11.4. The summed E-state index contributed by atoms with van der Waals surface area (Å²) in [5, 5.41) is 11.4. The lowest BCUT2D eigenvalue weighted by Crippen LogP contribution is -2.32. The van der Waals surface area contributed by atoms with Crippen molar-refractivity contribution in [1.29, 1.82) is 0 Å². The summed E-state index contributed by atoms with van der Waals surface area (Å²) in [7, 11) is 0. The van der Waals surface area contributed by atoms with Gasteiger partial charge in [-0.1, -0.05) is 97.1 Å². The number of aliphatic hydroxyl groups excluding tert-OH is 1. The predicted octanol–water partition coefficient (Wildman–Crippen LogP) is 11.4. The van der Waals surface area contributed by atoms with Crippen molar-refractivity contribution < 1.29 is 71.4 Å². The highest BCUT2D eigenvalue weighted by molar-refractivity contribution is 5.51. The third kappa shape index (κ3) is 15.6. The molecule has 0 aromatic heterocycles. The number of epoxide rings is 5. The van der Waals surface area contributed by atoms with Gasteiger partial charge < -0.3 is 71.4 Å². The summed E-state index contributed by atoms with van der Waals surface area (Å²) in [5.74, 6) is 5.39. The Morgan fingerprint density at radius 1 is 0.284 bits per heavy atom. The van der Waals surface area contributed by atoms with Crippen molar-refractivity contribution in [3.8, 4) is 46.0 Å². The maximum atomic E-state index is 11.4. The number of hydrogen-bond acceptors (Lipinski definition) is 15. The molecular formula is C73H72O15. The van der Waals surface area contributed by atoms with E-state index in [1.807, 2.05) is 97.1 Å². The molecule has 10 atom stereocenters. The van der Waals surface area contributed by atoms with Crippen LogP contribution >= 0.6 is 0 Å². The lowest BCUT2D eigenvalue weighted by Gasteiger charge is -2.30. The zero-order valence-corrected chi connectivity index (χ0v) is 48.9. The zero-order chi connectivity index (χ0) is 59.0. The minimum absolute atomic E-state index is 0.0198. The van der Waals surface area contributed by atoms with Gasteiger partial charge in [0.1, 0.15) is 129 Å². The molecule has 0 aliphatic carbocycles. The van der Waals surface area contributed by atoms with E-state index in [9.17, 15) is 5.11 Å². The Balaban J connectivity index is 0.681. The molecule has 6 saturated heterocycles. The molecule has 6 fully saturated rings. The second-order valence-electron chi connectivity index (χ2n) is 23.3. The van der Waals surface area contributed by atoms with Gasteiger partial charge in [0, 0.05) is 30.1 Å². The molecule has 8 aromatic carbocycles. The van der Waals surface area contributed by atoms with E-state index in [0.717, 1.165) is 118 Å². The van der Waals surface area contributed by atoms with E-state index < -0.39 is 6.10 Å². The van der Waals surface area contributed by atoms with Gasteiger partial charge in [0.25, 0.3) is 0 Å². The molecule has 0 amide bonds. The van der Waals surface area contributed by atoms with Crippen molar-refractivity contribution in [3.63, 3.8) is 0 Å². The molecule has 0 spiro atoms. The summed E-state index contributed by atoms with van der Waals surface area (Å²) in [6, 6.07) is 66.6. The molecule has 454 valence electrons. The van der Waals surface area contributed by atoms with Crippen LogP contribution in [0.25, 0.3) is 0 Å². The third-order valence-electron chi connectivity index (χ3n) is 16.6. The van der Waals surface area contributed by atoms with Crippen LogP contribution in [0.5, 0.6) is 46.0 Å². The molecule has 1 N–H and O–H groups in total. The fraction of sp³-hybridized carbons (Fsp3) is 0.342. The quantitative estimate of drug-likeness (QED) is 0.0386. The first-order valence-electron chi connectivity index (χ1n) is 30.6. The van der Waals surface area contributed by atoms with Crippen LogP contribution < -0.4 is 37.9 Å². The fourth-order valence-electron chi connectivity index (χ4n) is 11.1. The summed E-state index contributed by atoms with van der Waals surface area (Å²) in [6.45, 7) is 7.00. The van der Waals surface area contributed by atoms with Gasteiger partial charge in [-0.05, 0) is 142 Å². The van der Waals surface area contributed by atoms with Gasteiger partial charge in [0.2, 0.25) is 6.29 Å². The highest BCUT2D eigenvalue weighted by Crippen LogP contribution is 2.47. The molecule has 10 unspecified atom stereocenters. The maximum Gasteiger partial charge on any atom is 0.202 e. The Kier molecular flexibility index (Phi) is 17.7. The van der Waals surface area contributed by atoms with Crippen molar-refractivity contribution >= 4 is 0 Å². The number of ether oxygens (including phenoxy) is 14. The summed E-state index contributed by atoms with van der Waals surface area (Å²) in [4.78, 5) is 0. The second kappa shape index (κ2) is 27.1. The Morgan fingerprint density at radius 2 is 0.477 bits per heavy atom. The average Bonchev–Trinajstić information content (AvgIpc) is 2.64. The largest absolute Gasteiger partial charge is 0.491 e. The van der Waals surface area contributed by atoms with Crippen LogP contribution in [0.2, 0.25) is 0 Å². The van der Waals surface area contributed by atoms with Crippen molar-refractivity contribution in [2.24, 2.45) is 0 Å². The first-order chi connectivity index (χ1) is 43.4. The molecule has 14 rings (SSSR count). The van der Waals surface area contributed by atoms with Crippen LogP contribution in [0.3, 0.4) is 0 Å². The van der Waals surface area contributed by atoms with E-state index in [4.69, 9.17) is 66.3 Å². The van der Waals surface area contributed by atoms with Gasteiger partial charge in [-0.3, -0.25) is 0 Å². The van der Waals surface area contributed by atoms with Gasteiger partial charge in [0.05, 0.1) is 39.6 Å². The summed E-state index contributed by atoms with van der Waals surface area (Å²) in [5.41, 5.74) is 8.80. The van der Waals surface area contributed by atoms with Gasteiger partial charge in [-0.25, -0.2) is 0 Å². The van der Waals surface area contributed by atoms with Crippen LogP contribution in [-0.2, 0) is 28.4 Å². The monoisotopic (exact) mass is 1190 g/mol. The zero-order valence-electron chi connectivity index (χ0n) is 48.9. The number of rotatable bonds is 33. The molecule has 0 bridgehead atoms. The molecule has 88 heavy (non-hydrogen) atoms. The summed E-state index contributed by atoms with van der Waals surface area (Å²) in [6.07, 6.45) is 0.467. The van der Waals surface area contributed by atoms with E-state index in [1.165, 1.54) is 0 Å². The van der Waals surface area contributed by atoms with E-state index in [0.29, 0.717) is 51.1 Å². The minimum atomic E-state index is -0.924. The highest BCUT2D eigenvalue weighted by Gasteiger charge is 2.33. The van der Waals surface area contributed by atoms with E-state index in [-0.39, 0.29) is 73.7 Å².